The molecule has 0 radical (unpaired) electrons. The van der Waals surface area contributed by atoms with Gasteiger partial charge in [-0.15, -0.1) is 0 Å². The van der Waals surface area contributed by atoms with Crippen LogP contribution < -0.4 is 16.3 Å². The van der Waals surface area contributed by atoms with Gasteiger partial charge < -0.3 is 26.6 Å². The fourth-order valence-corrected chi connectivity index (χ4v) is 1.05. The predicted molar refractivity (Wildman–Crippen MR) is 54.1 cm³/mol. The molecule has 5 N–H and O–H groups in total. The van der Waals surface area contributed by atoms with Crippen LogP contribution in [0.25, 0.3) is 0 Å². The minimum absolute atomic E-state index is 0.0263. The van der Waals surface area contributed by atoms with E-state index in [0.29, 0.717) is 17.9 Å². The number of nitrogens with zero attached hydrogens (tertiary/aromatic N) is 1. The van der Waals surface area contributed by atoms with E-state index in [4.69, 9.17) is 16.0 Å². The van der Waals surface area contributed by atoms with E-state index in [1.807, 2.05) is 0 Å². The first-order valence-electron chi connectivity index (χ1n) is 4.05. The van der Waals surface area contributed by atoms with Crippen molar-refractivity contribution in [2.45, 2.75) is 0 Å². The van der Waals surface area contributed by atoms with Gasteiger partial charge >= 0.3 is 0 Å². The largest absolute Gasteiger partial charge is 0.733 e. The molecule has 0 unspecified atom stereocenters. The van der Waals surface area contributed by atoms with Crippen molar-refractivity contribution in [2.75, 3.05) is 29.4 Å². The summed E-state index contributed by atoms with van der Waals surface area (Å²) < 4.78 is 0. The van der Waals surface area contributed by atoms with E-state index < -0.39 is 0 Å². The van der Waals surface area contributed by atoms with Crippen molar-refractivity contribution in [3.05, 3.63) is 23.4 Å². The lowest BCUT2D eigenvalue weighted by atomic mass is 10.2. The summed E-state index contributed by atoms with van der Waals surface area (Å²) in [5.41, 5.74) is 6.27. The van der Waals surface area contributed by atoms with E-state index in [1.165, 1.54) is 6.07 Å². The topological polar surface area (TPSA) is 105 Å². The smallest absolute Gasteiger partial charge is 0.0761 e. The van der Waals surface area contributed by atoms with E-state index in [2.05, 4.69) is 5.32 Å². The molecule has 6 heteroatoms. The lowest BCUT2D eigenvalue weighted by molar-refractivity contribution is 0.296. The highest BCUT2D eigenvalue weighted by Crippen LogP contribution is 2.26. The monoisotopic (exact) mass is 198 g/mol. The van der Waals surface area contributed by atoms with Crippen molar-refractivity contribution in [3.8, 4) is 0 Å². The van der Waals surface area contributed by atoms with Crippen molar-refractivity contribution >= 4 is 17.1 Å². The van der Waals surface area contributed by atoms with Crippen LogP contribution in [0, 0.1) is 5.21 Å². The quantitative estimate of drug-likeness (QED) is 0.411. The summed E-state index contributed by atoms with van der Waals surface area (Å²) in [4.78, 5) is 0. The van der Waals surface area contributed by atoms with Crippen molar-refractivity contribution in [3.63, 3.8) is 0 Å². The Morgan fingerprint density at radius 2 is 2.21 bits per heavy atom. The van der Waals surface area contributed by atoms with Gasteiger partial charge in [0.05, 0.1) is 18.0 Å². The molecular weight excluding hydrogens is 186 g/mol. The van der Waals surface area contributed by atoms with Crippen LogP contribution in [0.5, 0.6) is 0 Å². The highest BCUT2D eigenvalue weighted by molar-refractivity contribution is 5.73. The van der Waals surface area contributed by atoms with Crippen LogP contribution in [-0.4, -0.2) is 23.5 Å². The zero-order valence-corrected chi connectivity index (χ0v) is 7.47. The van der Waals surface area contributed by atoms with Gasteiger partial charge in [-0.25, -0.2) is 0 Å². The molecule has 0 fully saturated rings. The summed E-state index contributed by atoms with van der Waals surface area (Å²) in [5, 5.41) is 30.5. The van der Waals surface area contributed by atoms with Gasteiger partial charge in [-0.3, -0.25) is 5.21 Å². The van der Waals surface area contributed by atoms with Crippen LogP contribution >= 0.6 is 0 Å². The van der Waals surface area contributed by atoms with Gasteiger partial charge in [0.1, 0.15) is 0 Å². The van der Waals surface area contributed by atoms with Crippen molar-refractivity contribution in [2.24, 2.45) is 0 Å². The number of aliphatic hydroxyl groups is 1. The van der Waals surface area contributed by atoms with E-state index >= 15 is 0 Å². The summed E-state index contributed by atoms with van der Waals surface area (Å²) in [6.45, 7) is 0.235. The Labute approximate surface area is 81.1 Å². The minimum Gasteiger partial charge on any atom is -0.733 e. The van der Waals surface area contributed by atoms with E-state index in [1.54, 1.807) is 12.1 Å². The maximum absolute atomic E-state index is 10.7. The van der Waals surface area contributed by atoms with Crippen LogP contribution in [-0.2, 0) is 0 Å². The molecule has 1 aromatic carbocycles. The number of nitrogens with one attached hydrogen (secondary N) is 1. The molecule has 0 aliphatic carbocycles. The minimum atomic E-state index is -0.268. The number of nitrogen functional groups attached to an aromatic ring is 1. The average Bonchev–Trinajstić information content (AvgIpc) is 2.15. The Morgan fingerprint density at radius 3 is 2.79 bits per heavy atom. The molecule has 0 aromatic heterocycles. The molecule has 0 heterocycles. The van der Waals surface area contributed by atoms with E-state index in [9.17, 15) is 5.21 Å². The molecule has 0 aliphatic heterocycles. The molecule has 6 nitrogen and oxygen atoms in total. The Morgan fingerprint density at radius 1 is 1.50 bits per heavy atom. The van der Waals surface area contributed by atoms with Gasteiger partial charge in [-0.1, -0.05) is 0 Å². The lowest BCUT2D eigenvalue weighted by Gasteiger charge is -2.25. The normalized spacial score (nSPS) is 9.93. The molecule has 14 heavy (non-hydrogen) atoms. The standard InChI is InChI=1S/C8H12N3O3/c9-6-1-2-7(10-3-4-12)8(5-6)11(13)14/h1-2,5,10,12-13H,3-4,9H2/q-1. The van der Waals surface area contributed by atoms with Gasteiger partial charge in [0.25, 0.3) is 0 Å². The van der Waals surface area contributed by atoms with E-state index in [0.717, 1.165) is 0 Å². The van der Waals surface area contributed by atoms with Gasteiger partial charge in [0.2, 0.25) is 0 Å². The maximum atomic E-state index is 10.7. The second-order valence-corrected chi connectivity index (χ2v) is 2.70. The van der Waals surface area contributed by atoms with Crippen LogP contribution in [0.15, 0.2) is 18.2 Å². The molecule has 1 aromatic rings. The van der Waals surface area contributed by atoms with Crippen LogP contribution in [0.2, 0.25) is 0 Å². The molecule has 0 saturated carbocycles. The number of hydrogen-bond donors (Lipinski definition) is 4. The van der Waals surface area contributed by atoms with Crippen LogP contribution in [0.4, 0.5) is 17.1 Å². The number of aliphatic hydroxyl groups excluding tert-OH is 1. The highest BCUT2D eigenvalue weighted by atomic mass is 16.8. The molecule has 0 saturated heterocycles. The SMILES string of the molecule is Nc1ccc(NCCO)c(N([O-])O)c1. The summed E-state index contributed by atoms with van der Waals surface area (Å²) in [6.07, 6.45) is 0. The van der Waals surface area contributed by atoms with Gasteiger partial charge in [-0.05, 0) is 18.2 Å². The Bertz CT molecular complexity index is 304. The number of benzene rings is 1. The fraction of sp³-hybridized carbons (Fsp3) is 0.250. The summed E-state index contributed by atoms with van der Waals surface area (Å²) in [7, 11) is 0. The van der Waals surface area contributed by atoms with Crippen LogP contribution in [0.1, 0.15) is 0 Å². The molecule has 0 bridgehead atoms. The zero-order chi connectivity index (χ0) is 10.6. The fourth-order valence-electron chi connectivity index (χ4n) is 1.05. The summed E-state index contributed by atoms with van der Waals surface area (Å²) in [5.74, 6) is 0. The van der Waals surface area contributed by atoms with Crippen molar-refractivity contribution in [1.82, 2.24) is 0 Å². The Kier molecular flexibility index (Phi) is 3.52. The van der Waals surface area contributed by atoms with E-state index in [-0.39, 0.29) is 17.5 Å². The lowest BCUT2D eigenvalue weighted by Crippen LogP contribution is -2.13. The molecule has 0 spiro atoms. The van der Waals surface area contributed by atoms with Gasteiger partial charge in [0.15, 0.2) is 0 Å². The molecule has 78 valence electrons. The first-order valence-corrected chi connectivity index (χ1v) is 4.05. The average molecular weight is 198 g/mol. The highest BCUT2D eigenvalue weighted by Gasteiger charge is 2.02. The van der Waals surface area contributed by atoms with Crippen molar-refractivity contribution < 1.29 is 10.3 Å². The van der Waals surface area contributed by atoms with Gasteiger partial charge in [-0.2, -0.15) is 0 Å². The third-order valence-electron chi connectivity index (χ3n) is 1.66. The first-order chi connectivity index (χ1) is 6.65. The molecule has 0 aliphatic rings. The molecule has 0 amide bonds. The first kappa shape index (κ1) is 10.6. The second kappa shape index (κ2) is 4.66. The molecule has 1 rings (SSSR count). The molecular formula is C8H12N3O3-. The van der Waals surface area contributed by atoms with Gasteiger partial charge in [0, 0.05) is 12.2 Å². The third kappa shape index (κ3) is 2.49. The number of nitrogens with two attached hydrogens (primary N) is 1. The second-order valence-electron chi connectivity index (χ2n) is 2.70. The van der Waals surface area contributed by atoms with Crippen LogP contribution in [0.3, 0.4) is 0 Å². The molecule has 0 atom stereocenters. The Balaban J connectivity index is 2.90. The summed E-state index contributed by atoms with van der Waals surface area (Å²) in [6, 6.07) is 4.49. The number of anilines is 3. The summed E-state index contributed by atoms with van der Waals surface area (Å²) >= 11 is 0. The third-order valence-corrected chi connectivity index (χ3v) is 1.66. The number of rotatable bonds is 4. The van der Waals surface area contributed by atoms with Crippen molar-refractivity contribution in [1.29, 1.82) is 0 Å². The zero-order valence-electron chi connectivity index (χ0n) is 7.47. The Hall–Kier alpha value is -1.50. The number of hydrogen-bond acceptors (Lipinski definition) is 6. The maximum Gasteiger partial charge on any atom is 0.0761 e. The predicted octanol–water partition coefficient (Wildman–Crippen LogP) is 0.366.